The van der Waals surface area contributed by atoms with Crippen LogP contribution in [0.3, 0.4) is 0 Å². The molecule has 2 unspecified atom stereocenters. The Morgan fingerprint density at radius 1 is 1.46 bits per heavy atom. The number of aromatic amines is 1. The highest BCUT2D eigenvalue weighted by molar-refractivity contribution is 7.79. The van der Waals surface area contributed by atoms with Crippen LogP contribution in [0.15, 0.2) is 4.79 Å². The Bertz CT molecular complexity index is 728. The molecular formula is C16H25N5O4S. The Morgan fingerprint density at radius 2 is 2.15 bits per heavy atom. The van der Waals surface area contributed by atoms with Crippen molar-refractivity contribution in [2.24, 2.45) is 0 Å². The molecule has 1 aromatic rings. The van der Waals surface area contributed by atoms with Crippen LogP contribution in [-0.2, 0) is 20.0 Å². The van der Waals surface area contributed by atoms with E-state index in [-0.39, 0.29) is 29.3 Å². The average Bonchev–Trinajstić information content (AvgIpc) is 2.57. The van der Waals surface area contributed by atoms with Crippen LogP contribution < -0.4 is 10.9 Å². The molecule has 2 aliphatic heterocycles. The van der Waals surface area contributed by atoms with Gasteiger partial charge in [0.05, 0.1) is 11.6 Å². The molecule has 3 N–H and O–H groups in total. The predicted molar refractivity (Wildman–Crippen MR) is 99.1 cm³/mol. The molecule has 10 heteroatoms. The fraction of sp³-hybridized carbons (Fsp3) is 0.688. The third kappa shape index (κ3) is 4.37. The summed E-state index contributed by atoms with van der Waals surface area (Å²) in [6.07, 6.45) is 4.17. The smallest absolute Gasteiger partial charge is 0.261 e. The second kappa shape index (κ2) is 8.38. The van der Waals surface area contributed by atoms with Crippen LogP contribution in [0.1, 0.15) is 37.2 Å². The zero-order valence-corrected chi connectivity index (χ0v) is 15.8. The van der Waals surface area contributed by atoms with Crippen LogP contribution >= 0.6 is 0 Å². The summed E-state index contributed by atoms with van der Waals surface area (Å²) in [4.78, 5) is 21.8. The molecule has 3 heterocycles. The van der Waals surface area contributed by atoms with Gasteiger partial charge in [-0.15, -0.1) is 0 Å². The number of hydrogen-bond donors (Lipinski definition) is 3. The van der Waals surface area contributed by atoms with Crippen LogP contribution in [-0.4, -0.2) is 70.0 Å². The lowest BCUT2D eigenvalue weighted by Gasteiger charge is -2.41. The van der Waals surface area contributed by atoms with Crippen molar-refractivity contribution in [1.29, 1.82) is 5.41 Å². The minimum Gasteiger partial charge on any atom is -0.381 e. The lowest BCUT2D eigenvalue weighted by atomic mass is 10.1. The Balaban J connectivity index is 1.74. The third-order valence-electron chi connectivity index (χ3n) is 4.77. The third-order valence-corrected chi connectivity index (χ3v) is 5.31. The molecule has 2 saturated heterocycles. The molecule has 0 saturated carbocycles. The van der Waals surface area contributed by atoms with Gasteiger partial charge in [0.2, 0.25) is 0 Å². The van der Waals surface area contributed by atoms with Gasteiger partial charge < -0.3 is 20.4 Å². The minimum atomic E-state index is -1.28. The second-order valence-electron chi connectivity index (χ2n) is 6.64. The number of likely N-dealkylation sites (tertiary alicyclic amines) is 1. The molecule has 0 amide bonds. The Hall–Kier alpha value is -1.62. The van der Waals surface area contributed by atoms with Gasteiger partial charge in [0.15, 0.2) is 11.1 Å². The number of aromatic nitrogens is 2. The van der Waals surface area contributed by atoms with Crippen LogP contribution in [0.5, 0.6) is 0 Å². The lowest BCUT2D eigenvalue weighted by Crippen LogP contribution is -2.53. The van der Waals surface area contributed by atoms with Gasteiger partial charge >= 0.3 is 0 Å². The molecule has 1 aromatic heterocycles. The zero-order chi connectivity index (χ0) is 18.7. The van der Waals surface area contributed by atoms with E-state index in [2.05, 4.69) is 20.2 Å². The first-order chi connectivity index (χ1) is 12.5. The number of rotatable bonds is 7. The van der Waals surface area contributed by atoms with E-state index in [1.807, 2.05) is 6.92 Å². The highest BCUT2D eigenvalue weighted by atomic mass is 32.2. The number of H-pyrrole nitrogens is 1. The van der Waals surface area contributed by atoms with Gasteiger partial charge in [-0.05, 0) is 19.8 Å². The first-order valence-corrected chi connectivity index (χ1v) is 10.2. The molecule has 0 aliphatic carbocycles. The predicted octanol–water partition coefficient (Wildman–Crippen LogP) is 0.414. The molecule has 144 valence electrons. The van der Waals surface area contributed by atoms with Crippen LogP contribution in [0.2, 0.25) is 0 Å². The molecule has 26 heavy (non-hydrogen) atoms. The number of hydrogen-bond acceptors (Lipinski definition) is 8. The summed E-state index contributed by atoms with van der Waals surface area (Å²) in [5, 5.41) is 10.8. The Morgan fingerprint density at radius 3 is 2.77 bits per heavy atom. The van der Waals surface area contributed by atoms with Crippen molar-refractivity contribution < 1.29 is 13.1 Å². The second-order valence-corrected chi connectivity index (χ2v) is 7.63. The van der Waals surface area contributed by atoms with E-state index in [0.717, 1.165) is 19.1 Å². The van der Waals surface area contributed by atoms with E-state index in [1.165, 1.54) is 6.26 Å². The number of anilines is 1. The first-order valence-electron chi connectivity index (χ1n) is 8.71. The molecule has 2 fully saturated rings. The summed E-state index contributed by atoms with van der Waals surface area (Å²) in [5.41, 5.74) is -0.0898. The summed E-state index contributed by atoms with van der Waals surface area (Å²) < 4.78 is 21.7. The first kappa shape index (κ1) is 19.2. The van der Waals surface area contributed by atoms with Crippen molar-refractivity contribution >= 4 is 23.1 Å². The van der Waals surface area contributed by atoms with Gasteiger partial charge in [-0.2, -0.15) is 0 Å². The fourth-order valence-electron chi connectivity index (χ4n) is 3.19. The fourth-order valence-corrected chi connectivity index (χ4v) is 3.69. The van der Waals surface area contributed by atoms with Crippen molar-refractivity contribution in [3.8, 4) is 0 Å². The van der Waals surface area contributed by atoms with Crippen LogP contribution in [0.4, 0.5) is 5.82 Å². The quantitative estimate of drug-likeness (QED) is 0.583. The van der Waals surface area contributed by atoms with E-state index in [9.17, 15) is 9.00 Å². The van der Waals surface area contributed by atoms with E-state index >= 15 is 0 Å². The highest BCUT2D eigenvalue weighted by Gasteiger charge is 2.34. The van der Waals surface area contributed by atoms with E-state index in [0.29, 0.717) is 37.9 Å². The van der Waals surface area contributed by atoms with Crippen LogP contribution in [0, 0.1) is 5.41 Å². The molecule has 9 nitrogen and oxygen atoms in total. The average molecular weight is 383 g/mol. The van der Waals surface area contributed by atoms with Gasteiger partial charge in [-0.3, -0.25) is 13.9 Å². The SMILES string of the molecule is CC(c1nc(NC2CCOCC2)c(C=N)c(=O)[nH]1)N1CC(OS(C)=O)C1. The van der Waals surface area contributed by atoms with Gasteiger partial charge in [-0.1, -0.05) is 0 Å². The van der Waals surface area contributed by atoms with Crippen molar-refractivity contribution in [1.82, 2.24) is 14.9 Å². The summed E-state index contributed by atoms with van der Waals surface area (Å²) in [7, 11) is 0. The van der Waals surface area contributed by atoms with Crippen LogP contribution in [0.25, 0.3) is 0 Å². The van der Waals surface area contributed by atoms with Crippen molar-refractivity contribution in [2.45, 2.75) is 38.0 Å². The maximum absolute atomic E-state index is 12.4. The molecule has 0 radical (unpaired) electrons. The maximum Gasteiger partial charge on any atom is 0.261 e. The molecule has 0 spiro atoms. The minimum absolute atomic E-state index is 0.0595. The molecule has 0 bridgehead atoms. The maximum atomic E-state index is 12.4. The van der Waals surface area contributed by atoms with E-state index < -0.39 is 11.1 Å². The monoisotopic (exact) mass is 383 g/mol. The normalized spacial score (nSPS) is 21.8. The van der Waals surface area contributed by atoms with E-state index in [4.69, 9.17) is 14.3 Å². The zero-order valence-electron chi connectivity index (χ0n) is 15.0. The standard InChI is InChI=1S/C16H25N5O4S/c1-10(21-8-12(9-21)25-26(2)23)14-19-15(13(7-17)16(22)20-14)18-11-3-5-24-6-4-11/h7,10-12,17H,3-6,8-9H2,1-2H3,(H2,18,19,20,22). The molecule has 0 aromatic carbocycles. The summed E-state index contributed by atoms with van der Waals surface area (Å²) in [6.45, 7) is 4.59. The van der Waals surface area contributed by atoms with Crippen molar-refractivity contribution in [2.75, 3.05) is 37.9 Å². The molecular weight excluding hydrogens is 358 g/mol. The lowest BCUT2D eigenvalue weighted by molar-refractivity contribution is 0.000271. The highest BCUT2D eigenvalue weighted by Crippen LogP contribution is 2.25. The Kier molecular flexibility index (Phi) is 6.17. The summed E-state index contributed by atoms with van der Waals surface area (Å²) >= 11 is -1.28. The van der Waals surface area contributed by atoms with Gasteiger partial charge in [0.25, 0.3) is 5.56 Å². The molecule has 3 rings (SSSR count). The molecule has 2 atom stereocenters. The topological polar surface area (TPSA) is 120 Å². The van der Waals surface area contributed by atoms with Gasteiger partial charge in [0.1, 0.15) is 17.7 Å². The Labute approximate surface area is 154 Å². The van der Waals surface area contributed by atoms with Gasteiger partial charge in [-0.25, -0.2) is 9.19 Å². The summed E-state index contributed by atoms with van der Waals surface area (Å²) in [5.74, 6) is 0.992. The largest absolute Gasteiger partial charge is 0.381 e. The molecule has 2 aliphatic rings. The van der Waals surface area contributed by atoms with Crippen molar-refractivity contribution in [3.63, 3.8) is 0 Å². The number of ether oxygens (including phenoxy) is 1. The van der Waals surface area contributed by atoms with E-state index in [1.54, 1.807) is 0 Å². The van der Waals surface area contributed by atoms with Crippen molar-refractivity contribution in [3.05, 3.63) is 21.7 Å². The number of nitrogens with one attached hydrogen (secondary N) is 3. The summed E-state index contributed by atoms with van der Waals surface area (Å²) in [6, 6.07) is 0.0732. The number of nitrogens with zero attached hydrogens (tertiary/aromatic N) is 2. The van der Waals surface area contributed by atoms with Gasteiger partial charge in [0, 0.05) is 44.8 Å².